The van der Waals surface area contributed by atoms with Gasteiger partial charge in [0.25, 0.3) is 0 Å². The summed E-state index contributed by atoms with van der Waals surface area (Å²) in [7, 11) is 0. The van der Waals surface area contributed by atoms with Crippen molar-refractivity contribution in [3.05, 3.63) is 0 Å². The van der Waals surface area contributed by atoms with Gasteiger partial charge in [-0.05, 0) is 25.7 Å². The Morgan fingerprint density at radius 3 is 2.80 bits per heavy atom. The molecule has 0 aromatic carbocycles. The third kappa shape index (κ3) is 4.83. The number of unbranched alkanes of at least 4 members (excludes halogenated alkanes) is 2. The summed E-state index contributed by atoms with van der Waals surface area (Å²) in [5, 5.41) is 8.41. The Morgan fingerprint density at radius 1 is 1.20 bits per heavy atom. The molecule has 1 saturated heterocycles. The third-order valence-electron chi connectivity index (χ3n) is 2.89. The van der Waals surface area contributed by atoms with Gasteiger partial charge in [-0.3, -0.25) is 4.79 Å². The Balaban J connectivity index is 2.23. The van der Waals surface area contributed by atoms with E-state index in [0.717, 1.165) is 45.2 Å². The number of hydrogen-bond donors (Lipinski definition) is 0. The first kappa shape index (κ1) is 12.0. The van der Waals surface area contributed by atoms with Crippen molar-refractivity contribution in [2.45, 2.75) is 51.4 Å². The van der Waals surface area contributed by atoms with Gasteiger partial charge in [-0.15, -0.1) is 0 Å². The van der Waals surface area contributed by atoms with E-state index in [1.54, 1.807) is 0 Å². The number of nitriles is 1. The average molecular weight is 208 g/mol. The molecule has 0 aromatic heterocycles. The molecule has 15 heavy (non-hydrogen) atoms. The second-order valence-corrected chi connectivity index (χ2v) is 4.16. The van der Waals surface area contributed by atoms with Crippen molar-refractivity contribution >= 4 is 5.91 Å². The van der Waals surface area contributed by atoms with Crippen molar-refractivity contribution in [3.8, 4) is 6.07 Å². The fourth-order valence-electron chi connectivity index (χ4n) is 1.96. The molecule has 1 heterocycles. The van der Waals surface area contributed by atoms with Crippen molar-refractivity contribution in [1.29, 1.82) is 5.26 Å². The van der Waals surface area contributed by atoms with Gasteiger partial charge < -0.3 is 4.90 Å². The minimum Gasteiger partial charge on any atom is -0.343 e. The predicted octanol–water partition coefficient (Wildman–Crippen LogP) is 2.47. The second kappa shape index (κ2) is 7.28. The zero-order chi connectivity index (χ0) is 10.9. The maximum atomic E-state index is 11.7. The van der Waals surface area contributed by atoms with E-state index in [4.69, 9.17) is 5.26 Å². The van der Waals surface area contributed by atoms with Crippen LogP contribution in [-0.4, -0.2) is 23.9 Å². The highest BCUT2D eigenvalue weighted by molar-refractivity contribution is 5.76. The molecule has 0 N–H and O–H groups in total. The molecule has 3 heteroatoms. The van der Waals surface area contributed by atoms with E-state index in [1.165, 1.54) is 12.8 Å². The first-order chi connectivity index (χ1) is 7.34. The Kier molecular flexibility index (Phi) is 5.84. The lowest BCUT2D eigenvalue weighted by Gasteiger charge is -2.24. The third-order valence-corrected chi connectivity index (χ3v) is 2.89. The summed E-state index contributed by atoms with van der Waals surface area (Å²) in [6, 6.07) is 2.14. The zero-order valence-electron chi connectivity index (χ0n) is 9.37. The number of carbonyl (C=O) groups is 1. The van der Waals surface area contributed by atoms with Crippen LogP contribution in [0.25, 0.3) is 0 Å². The summed E-state index contributed by atoms with van der Waals surface area (Å²) in [5.41, 5.74) is 0. The van der Waals surface area contributed by atoms with Crippen molar-refractivity contribution in [2.24, 2.45) is 0 Å². The smallest absolute Gasteiger partial charge is 0.222 e. The monoisotopic (exact) mass is 208 g/mol. The summed E-state index contributed by atoms with van der Waals surface area (Å²) in [6.45, 7) is 1.77. The lowest BCUT2D eigenvalue weighted by atomic mass is 10.1. The van der Waals surface area contributed by atoms with Crippen LogP contribution >= 0.6 is 0 Å². The van der Waals surface area contributed by atoms with E-state index in [9.17, 15) is 4.79 Å². The van der Waals surface area contributed by atoms with Gasteiger partial charge in [0.05, 0.1) is 6.07 Å². The topological polar surface area (TPSA) is 44.1 Å². The van der Waals surface area contributed by atoms with E-state index in [0.29, 0.717) is 12.3 Å². The molecule has 0 atom stereocenters. The van der Waals surface area contributed by atoms with E-state index >= 15 is 0 Å². The first-order valence-corrected chi connectivity index (χ1v) is 5.99. The fourth-order valence-corrected chi connectivity index (χ4v) is 1.96. The van der Waals surface area contributed by atoms with Crippen LogP contribution in [0.1, 0.15) is 51.4 Å². The van der Waals surface area contributed by atoms with Gasteiger partial charge in [0.15, 0.2) is 0 Å². The molecule has 0 unspecified atom stereocenters. The SMILES string of the molecule is N#CCCCCN1CCCCCCC1=O. The van der Waals surface area contributed by atoms with Crippen molar-refractivity contribution in [2.75, 3.05) is 13.1 Å². The summed E-state index contributed by atoms with van der Waals surface area (Å²) < 4.78 is 0. The molecule has 0 bridgehead atoms. The molecule has 84 valence electrons. The molecular weight excluding hydrogens is 188 g/mol. The standard InChI is InChI=1S/C12H20N2O/c13-9-5-3-7-11-14-10-6-2-1-4-8-12(14)15/h1-8,10-11H2. The Morgan fingerprint density at radius 2 is 2.00 bits per heavy atom. The Hall–Kier alpha value is -1.04. The largest absolute Gasteiger partial charge is 0.343 e. The van der Waals surface area contributed by atoms with Crippen LogP contribution < -0.4 is 0 Å². The van der Waals surface area contributed by atoms with Crippen molar-refractivity contribution in [1.82, 2.24) is 4.90 Å². The summed E-state index contributed by atoms with van der Waals surface area (Å²) in [4.78, 5) is 13.7. The first-order valence-electron chi connectivity index (χ1n) is 5.99. The van der Waals surface area contributed by atoms with E-state index < -0.39 is 0 Å². The molecule has 0 aromatic rings. The lowest BCUT2D eigenvalue weighted by Crippen LogP contribution is -2.33. The van der Waals surface area contributed by atoms with Gasteiger partial charge in [0, 0.05) is 25.9 Å². The molecule has 1 aliphatic heterocycles. The van der Waals surface area contributed by atoms with Gasteiger partial charge in [-0.1, -0.05) is 12.8 Å². The van der Waals surface area contributed by atoms with Crippen molar-refractivity contribution < 1.29 is 4.79 Å². The van der Waals surface area contributed by atoms with Gasteiger partial charge in [-0.25, -0.2) is 0 Å². The Bertz CT molecular complexity index is 232. The second-order valence-electron chi connectivity index (χ2n) is 4.16. The molecule has 3 nitrogen and oxygen atoms in total. The van der Waals surface area contributed by atoms with Gasteiger partial charge in [0.1, 0.15) is 0 Å². The summed E-state index contributed by atoms with van der Waals surface area (Å²) in [5.74, 6) is 0.312. The minimum absolute atomic E-state index is 0.312. The van der Waals surface area contributed by atoms with Gasteiger partial charge >= 0.3 is 0 Å². The fraction of sp³-hybridized carbons (Fsp3) is 0.833. The Labute approximate surface area is 92.1 Å². The van der Waals surface area contributed by atoms with E-state index in [-0.39, 0.29) is 0 Å². The highest BCUT2D eigenvalue weighted by Crippen LogP contribution is 2.12. The molecular formula is C12H20N2O. The molecule has 1 amide bonds. The highest BCUT2D eigenvalue weighted by Gasteiger charge is 2.14. The summed E-state index contributed by atoms with van der Waals surface area (Å²) in [6.07, 6.45) is 7.87. The van der Waals surface area contributed by atoms with Gasteiger partial charge in [0.2, 0.25) is 5.91 Å². The maximum absolute atomic E-state index is 11.7. The number of likely N-dealkylation sites (tertiary alicyclic amines) is 1. The lowest BCUT2D eigenvalue weighted by molar-refractivity contribution is -0.131. The number of hydrogen-bond acceptors (Lipinski definition) is 2. The van der Waals surface area contributed by atoms with E-state index in [2.05, 4.69) is 6.07 Å². The molecule has 1 fully saturated rings. The maximum Gasteiger partial charge on any atom is 0.222 e. The van der Waals surface area contributed by atoms with Crippen LogP contribution in [0.5, 0.6) is 0 Å². The highest BCUT2D eigenvalue weighted by atomic mass is 16.2. The number of nitrogens with zero attached hydrogens (tertiary/aromatic N) is 2. The van der Waals surface area contributed by atoms with Crippen molar-refractivity contribution in [3.63, 3.8) is 0 Å². The average Bonchev–Trinajstić information content (AvgIpc) is 2.22. The molecule has 0 saturated carbocycles. The van der Waals surface area contributed by atoms with Crippen LogP contribution in [0, 0.1) is 11.3 Å². The van der Waals surface area contributed by atoms with Crippen LogP contribution in [0.2, 0.25) is 0 Å². The molecule has 0 spiro atoms. The van der Waals surface area contributed by atoms with Crippen LogP contribution in [0.3, 0.4) is 0 Å². The van der Waals surface area contributed by atoms with Crippen LogP contribution in [0.4, 0.5) is 0 Å². The van der Waals surface area contributed by atoms with E-state index in [1.807, 2.05) is 4.90 Å². The predicted molar refractivity (Wildman–Crippen MR) is 59.1 cm³/mol. The van der Waals surface area contributed by atoms with Crippen LogP contribution in [0.15, 0.2) is 0 Å². The zero-order valence-corrected chi connectivity index (χ0v) is 9.37. The van der Waals surface area contributed by atoms with Gasteiger partial charge in [-0.2, -0.15) is 5.26 Å². The molecule has 0 radical (unpaired) electrons. The quantitative estimate of drug-likeness (QED) is 0.666. The molecule has 0 aliphatic carbocycles. The molecule has 1 rings (SSSR count). The normalized spacial score (nSPS) is 18.1. The number of rotatable bonds is 4. The number of carbonyl (C=O) groups excluding carboxylic acids is 1. The number of amides is 1. The van der Waals surface area contributed by atoms with Crippen LogP contribution in [-0.2, 0) is 4.79 Å². The summed E-state index contributed by atoms with van der Waals surface area (Å²) >= 11 is 0. The molecule has 1 aliphatic rings. The minimum atomic E-state index is 0.312.